The Kier molecular flexibility index (Phi) is 6.48. The van der Waals surface area contributed by atoms with Gasteiger partial charge in [0.25, 0.3) is 0 Å². The second-order valence-corrected chi connectivity index (χ2v) is 7.65. The molecule has 0 aromatic heterocycles. The molecule has 2 N–H and O–H groups in total. The number of ether oxygens (including phenoxy) is 1. The topological polar surface area (TPSA) is 44.7 Å². The van der Waals surface area contributed by atoms with E-state index in [9.17, 15) is 5.11 Å². The van der Waals surface area contributed by atoms with Gasteiger partial charge in [0.1, 0.15) is 0 Å². The normalized spacial score (nSPS) is 30.1. The number of aliphatic hydroxyl groups excluding tert-OH is 1. The van der Waals surface area contributed by atoms with Gasteiger partial charge in [0.15, 0.2) is 0 Å². The summed E-state index contributed by atoms with van der Waals surface area (Å²) in [5, 5.41) is 13.0. The highest BCUT2D eigenvalue weighted by molar-refractivity contribution is 4.92. The molecule has 0 aromatic carbocycles. The first-order valence-corrected chi connectivity index (χ1v) is 8.72. The van der Waals surface area contributed by atoms with Crippen molar-refractivity contribution in [3.8, 4) is 0 Å². The van der Waals surface area contributed by atoms with Crippen molar-refractivity contribution in [3.63, 3.8) is 0 Å². The molecule has 0 bridgehead atoms. The van der Waals surface area contributed by atoms with E-state index in [0.29, 0.717) is 17.4 Å². The van der Waals surface area contributed by atoms with Crippen LogP contribution in [0.2, 0.25) is 0 Å². The minimum absolute atomic E-state index is 0.00303. The van der Waals surface area contributed by atoms with Crippen LogP contribution in [0.5, 0.6) is 0 Å². The quantitative estimate of drug-likeness (QED) is 0.753. The van der Waals surface area contributed by atoms with E-state index >= 15 is 0 Å². The minimum Gasteiger partial charge on any atom is -0.394 e. The Hall–Kier alpha value is -0.160. The van der Waals surface area contributed by atoms with Gasteiger partial charge < -0.3 is 15.2 Å². The Morgan fingerprint density at radius 3 is 2.67 bits per heavy atom. The van der Waals surface area contributed by atoms with Crippen molar-refractivity contribution in [1.29, 1.82) is 0 Å². The van der Waals surface area contributed by atoms with E-state index in [1.54, 1.807) is 0 Å². The second-order valence-electron chi connectivity index (χ2n) is 7.65. The second kappa shape index (κ2) is 7.91. The van der Waals surface area contributed by atoms with Gasteiger partial charge >= 0.3 is 0 Å². The summed E-state index contributed by atoms with van der Waals surface area (Å²) in [5.41, 5.74) is 0.431. The van der Waals surface area contributed by atoms with Crippen molar-refractivity contribution in [2.45, 2.75) is 58.6 Å². The third-order valence-corrected chi connectivity index (χ3v) is 5.09. The summed E-state index contributed by atoms with van der Waals surface area (Å²) in [6.07, 6.45) is 5.41. The molecule has 1 saturated heterocycles. The van der Waals surface area contributed by atoms with Crippen molar-refractivity contribution < 1.29 is 9.84 Å². The molecule has 1 heterocycles. The van der Waals surface area contributed by atoms with Gasteiger partial charge in [0.2, 0.25) is 0 Å². The molecule has 1 saturated carbocycles. The fourth-order valence-electron chi connectivity index (χ4n) is 3.78. The lowest BCUT2D eigenvalue weighted by Gasteiger charge is -2.43. The van der Waals surface area contributed by atoms with E-state index < -0.39 is 0 Å². The molecule has 0 amide bonds. The van der Waals surface area contributed by atoms with E-state index in [4.69, 9.17) is 4.74 Å². The Balaban J connectivity index is 1.91. The SMILES string of the molecule is CC(C)CNCC1(CN2CC(CO)OCC2C)CCCC1. The molecule has 4 nitrogen and oxygen atoms in total. The Morgan fingerprint density at radius 2 is 2.05 bits per heavy atom. The Morgan fingerprint density at radius 1 is 1.33 bits per heavy atom. The maximum atomic E-state index is 9.36. The maximum Gasteiger partial charge on any atom is 0.0933 e. The smallest absolute Gasteiger partial charge is 0.0933 e. The lowest BCUT2D eigenvalue weighted by Crippen LogP contribution is -2.54. The molecule has 2 rings (SSSR count). The predicted molar refractivity (Wildman–Crippen MR) is 86.5 cm³/mol. The zero-order chi connectivity index (χ0) is 15.3. The molecule has 4 heteroatoms. The Labute approximate surface area is 130 Å². The number of nitrogens with zero attached hydrogens (tertiary/aromatic N) is 1. The van der Waals surface area contributed by atoms with Gasteiger partial charge in [0, 0.05) is 25.7 Å². The highest BCUT2D eigenvalue weighted by atomic mass is 16.5. The third-order valence-electron chi connectivity index (χ3n) is 5.09. The van der Waals surface area contributed by atoms with Gasteiger partial charge in [-0.05, 0) is 37.6 Å². The summed E-state index contributed by atoms with van der Waals surface area (Å²) in [7, 11) is 0. The molecule has 124 valence electrons. The summed E-state index contributed by atoms with van der Waals surface area (Å²) in [4.78, 5) is 2.55. The number of morpholine rings is 1. The van der Waals surface area contributed by atoms with Crippen molar-refractivity contribution in [2.24, 2.45) is 11.3 Å². The molecule has 21 heavy (non-hydrogen) atoms. The van der Waals surface area contributed by atoms with Gasteiger partial charge in [-0.3, -0.25) is 4.90 Å². The fourth-order valence-corrected chi connectivity index (χ4v) is 3.78. The molecule has 0 spiro atoms. The number of aliphatic hydroxyl groups is 1. The number of hydrogen-bond donors (Lipinski definition) is 2. The van der Waals surface area contributed by atoms with Crippen LogP contribution in [0.1, 0.15) is 46.5 Å². The zero-order valence-electron chi connectivity index (χ0n) is 14.1. The first-order valence-electron chi connectivity index (χ1n) is 8.72. The predicted octanol–water partition coefficient (Wildman–Crippen LogP) is 1.87. The molecule has 1 aliphatic heterocycles. The molecule has 0 radical (unpaired) electrons. The van der Waals surface area contributed by atoms with Crippen LogP contribution in [0.4, 0.5) is 0 Å². The van der Waals surface area contributed by atoms with Gasteiger partial charge in [-0.15, -0.1) is 0 Å². The van der Waals surface area contributed by atoms with E-state index in [0.717, 1.165) is 32.8 Å². The average molecular weight is 298 g/mol. The summed E-state index contributed by atoms with van der Waals surface area (Å²) in [5.74, 6) is 0.713. The Bertz CT molecular complexity index is 303. The summed E-state index contributed by atoms with van der Waals surface area (Å²) in [6.45, 7) is 12.0. The lowest BCUT2D eigenvalue weighted by molar-refractivity contribution is -0.0877. The van der Waals surface area contributed by atoms with Crippen LogP contribution in [-0.4, -0.2) is 61.5 Å². The first kappa shape index (κ1) is 17.2. The molecular formula is C17H34N2O2. The molecule has 1 aliphatic carbocycles. The van der Waals surface area contributed by atoms with Gasteiger partial charge in [-0.2, -0.15) is 0 Å². The molecule has 2 aliphatic rings. The standard InChI is InChI=1S/C17H34N2O2/c1-14(2)8-18-12-17(6-4-5-7-17)13-19-9-16(10-20)21-11-15(19)3/h14-16,18,20H,4-13H2,1-3H3. The molecule has 0 aromatic rings. The van der Waals surface area contributed by atoms with Gasteiger partial charge in [-0.25, -0.2) is 0 Å². The number of nitrogens with one attached hydrogen (secondary N) is 1. The number of hydrogen-bond acceptors (Lipinski definition) is 4. The summed E-state index contributed by atoms with van der Waals surface area (Å²) in [6, 6.07) is 0.468. The minimum atomic E-state index is 0.00303. The van der Waals surface area contributed by atoms with Crippen LogP contribution < -0.4 is 5.32 Å². The van der Waals surface area contributed by atoms with E-state index in [2.05, 4.69) is 31.0 Å². The highest BCUT2D eigenvalue weighted by Gasteiger charge is 2.38. The van der Waals surface area contributed by atoms with Crippen LogP contribution in [-0.2, 0) is 4.74 Å². The summed E-state index contributed by atoms with van der Waals surface area (Å²) < 4.78 is 5.67. The van der Waals surface area contributed by atoms with Crippen LogP contribution in [0.15, 0.2) is 0 Å². The van der Waals surface area contributed by atoms with Crippen molar-refractivity contribution in [2.75, 3.05) is 39.4 Å². The molecule has 2 atom stereocenters. The van der Waals surface area contributed by atoms with Crippen molar-refractivity contribution in [3.05, 3.63) is 0 Å². The molecular weight excluding hydrogens is 264 g/mol. The van der Waals surface area contributed by atoms with Gasteiger partial charge in [0.05, 0.1) is 19.3 Å². The first-order chi connectivity index (χ1) is 10.0. The fraction of sp³-hybridized carbons (Fsp3) is 1.00. The third kappa shape index (κ3) is 4.92. The number of rotatable bonds is 7. The largest absolute Gasteiger partial charge is 0.394 e. The van der Waals surface area contributed by atoms with Crippen LogP contribution in [0, 0.1) is 11.3 Å². The van der Waals surface area contributed by atoms with E-state index in [1.807, 2.05) is 0 Å². The molecule has 2 fully saturated rings. The maximum absolute atomic E-state index is 9.36. The van der Waals surface area contributed by atoms with E-state index in [-0.39, 0.29) is 12.7 Å². The van der Waals surface area contributed by atoms with Crippen LogP contribution in [0.3, 0.4) is 0 Å². The van der Waals surface area contributed by atoms with Crippen LogP contribution in [0.25, 0.3) is 0 Å². The monoisotopic (exact) mass is 298 g/mol. The van der Waals surface area contributed by atoms with Gasteiger partial charge in [-0.1, -0.05) is 26.7 Å². The van der Waals surface area contributed by atoms with Crippen LogP contribution >= 0.6 is 0 Å². The summed E-state index contributed by atoms with van der Waals surface area (Å²) >= 11 is 0. The van der Waals surface area contributed by atoms with E-state index in [1.165, 1.54) is 25.7 Å². The van der Waals surface area contributed by atoms with Crippen molar-refractivity contribution >= 4 is 0 Å². The molecule has 2 unspecified atom stereocenters. The zero-order valence-corrected chi connectivity index (χ0v) is 14.1. The lowest BCUT2D eigenvalue weighted by atomic mass is 9.84. The van der Waals surface area contributed by atoms with Crippen molar-refractivity contribution in [1.82, 2.24) is 10.2 Å². The average Bonchev–Trinajstić information content (AvgIpc) is 2.89. The highest BCUT2D eigenvalue weighted by Crippen LogP contribution is 2.39.